The predicted octanol–water partition coefficient (Wildman–Crippen LogP) is 3.34. The molecule has 2 aromatic carbocycles. The molecule has 1 atom stereocenters. The maximum absolute atomic E-state index is 12.7. The predicted molar refractivity (Wildman–Crippen MR) is 97.2 cm³/mol. The van der Waals surface area contributed by atoms with Gasteiger partial charge in [0.25, 0.3) is 5.91 Å². The number of hydrogen-bond acceptors (Lipinski definition) is 4. The summed E-state index contributed by atoms with van der Waals surface area (Å²) in [5.74, 6) is 2.08. The van der Waals surface area contributed by atoms with Gasteiger partial charge in [-0.3, -0.25) is 4.79 Å². The van der Waals surface area contributed by atoms with Gasteiger partial charge in [-0.05, 0) is 49.9 Å². The molecule has 0 aromatic heterocycles. The number of hydrogen-bond donors (Lipinski definition) is 2. The zero-order chi connectivity index (χ0) is 17.6. The molecule has 1 aliphatic rings. The fourth-order valence-corrected chi connectivity index (χ4v) is 2.78. The fraction of sp³-hybridized carbons (Fsp3) is 0.350. The van der Waals surface area contributed by atoms with Gasteiger partial charge in [-0.25, -0.2) is 0 Å². The highest BCUT2D eigenvalue weighted by molar-refractivity contribution is 5.97. The van der Waals surface area contributed by atoms with Crippen LogP contribution in [-0.2, 0) is 0 Å². The van der Waals surface area contributed by atoms with E-state index in [2.05, 4.69) is 5.32 Å². The summed E-state index contributed by atoms with van der Waals surface area (Å²) in [6.07, 6.45) is 2.25. The highest BCUT2D eigenvalue weighted by Gasteiger charge is 2.31. The average molecular weight is 340 g/mol. The van der Waals surface area contributed by atoms with Crippen molar-refractivity contribution in [1.29, 1.82) is 0 Å². The molecule has 25 heavy (non-hydrogen) atoms. The van der Waals surface area contributed by atoms with Crippen molar-refractivity contribution in [2.45, 2.75) is 25.8 Å². The monoisotopic (exact) mass is 340 g/mol. The van der Waals surface area contributed by atoms with Crippen molar-refractivity contribution >= 4 is 5.91 Å². The first kappa shape index (κ1) is 17.3. The lowest BCUT2D eigenvalue weighted by molar-refractivity contribution is 0.0931. The van der Waals surface area contributed by atoms with Crippen LogP contribution in [0.2, 0.25) is 0 Å². The molecule has 5 nitrogen and oxygen atoms in total. The smallest absolute Gasteiger partial charge is 0.255 e. The number of para-hydroxylation sites is 3. The number of carbonyl (C=O) groups is 1. The van der Waals surface area contributed by atoms with Crippen molar-refractivity contribution in [3.63, 3.8) is 0 Å². The van der Waals surface area contributed by atoms with Crippen molar-refractivity contribution in [2.75, 3.05) is 13.2 Å². The van der Waals surface area contributed by atoms with Crippen LogP contribution in [0.3, 0.4) is 0 Å². The van der Waals surface area contributed by atoms with E-state index in [0.29, 0.717) is 41.9 Å². The Labute approximate surface area is 148 Å². The van der Waals surface area contributed by atoms with Crippen LogP contribution in [0.15, 0.2) is 48.5 Å². The van der Waals surface area contributed by atoms with Crippen LogP contribution < -0.4 is 20.5 Å². The molecule has 132 valence electrons. The van der Waals surface area contributed by atoms with E-state index in [9.17, 15) is 4.79 Å². The second kappa shape index (κ2) is 8.03. The minimum absolute atomic E-state index is 0.0243. The SMILES string of the molecule is CCOc1ccccc1Oc1ccccc1C(=O)NC(CN)C1CC1. The Balaban J connectivity index is 1.80. The first-order valence-corrected chi connectivity index (χ1v) is 8.72. The lowest BCUT2D eigenvalue weighted by Crippen LogP contribution is -2.41. The van der Waals surface area contributed by atoms with E-state index in [0.717, 1.165) is 12.8 Å². The number of ether oxygens (including phenoxy) is 2. The molecule has 1 saturated carbocycles. The molecule has 0 bridgehead atoms. The molecular formula is C20H24N2O3. The van der Waals surface area contributed by atoms with Crippen molar-refractivity contribution in [3.05, 3.63) is 54.1 Å². The first-order chi connectivity index (χ1) is 12.2. The van der Waals surface area contributed by atoms with Crippen LogP contribution in [0.4, 0.5) is 0 Å². The average Bonchev–Trinajstić information content (AvgIpc) is 3.47. The van der Waals surface area contributed by atoms with Crippen LogP contribution in [0.25, 0.3) is 0 Å². The summed E-state index contributed by atoms with van der Waals surface area (Å²) < 4.78 is 11.6. The standard InChI is InChI=1S/C20H24N2O3/c1-2-24-18-9-5-6-10-19(18)25-17-8-4-3-7-15(17)20(23)22-16(13-21)14-11-12-14/h3-10,14,16H,2,11-13,21H2,1H3,(H,22,23). The van der Waals surface area contributed by atoms with Crippen LogP contribution in [-0.4, -0.2) is 25.1 Å². The number of benzene rings is 2. The molecular weight excluding hydrogens is 316 g/mol. The van der Waals surface area contributed by atoms with Gasteiger partial charge in [-0.2, -0.15) is 0 Å². The lowest BCUT2D eigenvalue weighted by Gasteiger charge is -2.18. The molecule has 1 fully saturated rings. The van der Waals surface area contributed by atoms with Gasteiger partial charge >= 0.3 is 0 Å². The number of carbonyl (C=O) groups excluding carboxylic acids is 1. The Bertz CT molecular complexity index is 728. The van der Waals surface area contributed by atoms with E-state index < -0.39 is 0 Å². The van der Waals surface area contributed by atoms with Gasteiger partial charge in [0.2, 0.25) is 0 Å². The highest BCUT2D eigenvalue weighted by Crippen LogP contribution is 2.34. The van der Waals surface area contributed by atoms with Gasteiger partial charge in [0.15, 0.2) is 11.5 Å². The molecule has 3 rings (SSSR count). The summed E-state index contributed by atoms with van der Waals surface area (Å²) in [6.45, 7) is 2.91. The largest absolute Gasteiger partial charge is 0.490 e. The second-order valence-electron chi connectivity index (χ2n) is 6.13. The van der Waals surface area contributed by atoms with E-state index in [-0.39, 0.29) is 11.9 Å². The maximum atomic E-state index is 12.7. The van der Waals surface area contributed by atoms with Crippen LogP contribution >= 0.6 is 0 Å². The summed E-state index contributed by atoms with van der Waals surface area (Å²) >= 11 is 0. The molecule has 2 aromatic rings. The molecule has 0 spiro atoms. The third kappa shape index (κ3) is 4.31. The van der Waals surface area contributed by atoms with E-state index in [1.165, 1.54) is 0 Å². The lowest BCUT2D eigenvalue weighted by atomic mass is 10.1. The molecule has 3 N–H and O–H groups in total. The highest BCUT2D eigenvalue weighted by atomic mass is 16.5. The van der Waals surface area contributed by atoms with Crippen LogP contribution in [0.1, 0.15) is 30.1 Å². The molecule has 0 heterocycles. The van der Waals surface area contributed by atoms with E-state index in [4.69, 9.17) is 15.2 Å². The van der Waals surface area contributed by atoms with Crippen molar-refractivity contribution < 1.29 is 14.3 Å². The van der Waals surface area contributed by atoms with Gasteiger partial charge in [0, 0.05) is 12.6 Å². The summed E-state index contributed by atoms with van der Waals surface area (Å²) in [5.41, 5.74) is 6.29. The summed E-state index contributed by atoms with van der Waals surface area (Å²) in [7, 11) is 0. The molecule has 1 unspecified atom stereocenters. The van der Waals surface area contributed by atoms with Crippen molar-refractivity contribution in [3.8, 4) is 17.2 Å². The number of rotatable bonds is 8. The third-order valence-electron chi connectivity index (χ3n) is 4.26. The van der Waals surface area contributed by atoms with E-state index in [1.807, 2.05) is 43.3 Å². The number of nitrogens with two attached hydrogens (primary N) is 1. The van der Waals surface area contributed by atoms with E-state index >= 15 is 0 Å². The minimum Gasteiger partial charge on any atom is -0.490 e. The molecule has 1 aliphatic carbocycles. The summed E-state index contributed by atoms with van der Waals surface area (Å²) in [6, 6.07) is 14.7. The quantitative estimate of drug-likeness (QED) is 0.773. The Hall–Kier alpha value is -2.53. The zero-order valence-corrected chi connectivity index (χ0v) is 14.4. The normalized spacial score (nSPS) is 14.6. The fourth-order valence-electron chi connectivity index (χ4n) is 2.78. The van der Waals surface area contributed by atoms with Gasteiger partial charge < -0.3 is 20.5 Å². The minimum atomic E-state index is -0.160. The van der Waals surface area contributed by atoms with Gasteiger partial charge in [0.1, 0.15) is 5.75 Å². The maximum Gasteiger partial charge on any atom is 0.255 e. The molecule has 0 radical (unpaired) electrons. The summed E-state index contributed by atoms with van der Waals surface area (Å²) in [4.78, 5) is 12.7. The van der Waals surface area contributed by atoms with Crippen molar-refractivity contribution in [2.24, 2.45) is 11.7 Å². The second-order valence-corrected chi connectivity index (χ2v) is 6.13. The zero-order valence-electron chi connectivity index (χ0n) is 14.4. The van der Waals surface area contributed by atoms with Crippen molar-refractivity contribution in [1.82, 2.24) is 5.32 Å². The molecule has 5 heteroatoms. The number of nitrogens with one attached hydrogen (secondary N) is 1. The van der Waals surface area contributed by atoms with Gasteiger partial charge in [-0.15, -0.1) is 0 Å². The molecule has 1 amide bonds. The third-order valence-corrected chi connectivity index (χ3v) is 4.26. The number of amides is 1. The Morgan fingerprint density at radius 3 is 2.40 bits per heavy atom. The summed E-state index contributed by atoms with van der Waals surface area (Å²) in [5, 5.41) is 3.04. The van der Waals surface area contributed by atoms with E-state index in [1.54, 1.807) is 12.1 Å². The Kier molecular flexibility index (Phi) is 5.56. The molecule has 0 aliphatic heterocycles. The Morgan fingerprint density at radius 1 is 1.12 bits per heavy atom. The van der Waals surface area contributed by atoms with Crippen LogP contribution in [0, 0.1) is 5.92 Å². The van der Waals surface area contributed by atoms with Gasteiger partial charge in [-0.1, -0.05) is 24.3 Å². The topological polar surface area (TPSA) is 73.6 Å². The molecule has 0 saturated heterocycles. The first-order valence-electron chi connectivity index (χ1n) is 8.72. The van der Waals surface area contributed by atoms with Crippen LogP contribution in [0.5, 0.6) is 17.2 Å². The Morgan fingerprint density at radius 2 is 1.76 bits per heavy atom. The van der Waals surface area contributed by atoms with Gasteiger partial charge in [0.05, 0.1) is 12.2 Å².